The van der Waals surface area contributed by atoms with E-state index in [1.165, 1.54) is 12.6 Å². The van der Waals surface area contributed by atoms with Gasteiger partial charge in [-0.05, 0) is 19.4 Å². The largest absolute Gasteiger partial charge is 0.378 e. The molecule has 0 unspecified atom stereocenters. The lowest BCUT2D eigenvalue weighted by Crippen LogP contribution is -2.49. The number of nitrogens with two attached hydrogens (primary N) is 2. The van der Waals surface area contributed by atoms with Crippen LogP contribution in [-0.2, 0) is 22.5 Å². The number of aryl methyl sites for hydroxylation is 2. The van der Waals surface area contributed by atoms with Gasteiger partial charge in [-0.3, -0.25) is 9.48 Å². The maximum absolute atomic E-state index is 13.9. The van der Waals surface area contributed by atoms with Crippen molar-refractivity contribution in [2.75, 3.05) is 74.6 Å². The molecule has 2 fully saturated rings. The van der Waals surface area contributed by atoms with Gasteiger partial charge in [0.25, 0.3) is 6.43 Å². The summed E-state index contributed by atoms with van der Waals surface area (Å²) in [5, 5.41) is 8.44. The fourth-order valence-electron chi connectivity index (χ4n) is 5.33. The predicted octanol–water partition coefficient (Wildman–Crippen LogP) is 1.47. The number of halogens is 2. The van der Waals surface area contributed by atoms with Crippen molar-refractivity contribution in [3.05, 3.63) is 23.8 Å². The number of piperazine rings is 1. The summed E-state index contributed by atoms with van der Waals surface area (Å²) < 4.78 is 35.1. The number of amides is 1. The lowest BCUT2D eigenvalue weighted by molar-refractivity contribution is -0.131. The standard InChI is InChI=1S/C28H41F2N13O2/c29-24(30)23-21(18-33-26(32)34-23)25-35-27(37-28(36-25)42-14-16-45-17-15-42)41-12-10-40(11-13-41)22(44)7-6-20-19-43(39-38-20)9-5-3-1-2-4-8-31/h18-19,24H,1-17,31H2,(H2,32,33,34). The average molecular weight is 630 g/mol. The Morgan fingerprint density at radius 3 is 2.31 bits per heavy atom. The Kier molecular flexibility index (Phi) is 11.3. The number of rotatable bonds is 14. The van der Waals surface area contributed by atoms with E-state index in [1.54, 1.807) is 0 Å². The van der Waals surface area contributed by atoms with E-state index in [1.807, 2.05) is 25.6 Å². The van der Waals surface area contributed by atoms with Crippen molar-refractivity contribution in [3.63, 3.8) is 0 Å². The van der Waals surface area contributed by atoms with Crippen molar-refractivity contribution < 1.29 is 18.3 Å². The lowest BCUT2D eigenvalue weighted by atomic mass is 10.1. The van der Waals surface area contributed by atoms with E-state index in [9.17, 15) is 13.6 Å². The number of nitrogens with zero attached hydrogens (tertiary/aromatic N) is 11. The Bertz CT molecular complexity index is 1390. The van der Waals surface area contributed by atoms with Gasteiger partial charge < -0.3 is 30.9 Å². The zero-order valence-corrected chi connectivity index (χ0v) is 25.4. The Morgan fingerprint density at radius 1 is 0.911 bits per heavy atom. The van der Waals surface area contributed by atoms with Crippen LogP contribution in [0.3, 0.4) is 0 Å². The van der Waals surface area contributed by atoms with Crippen LogP contribution in [0.5, 0.6) is 0 Å². The number of anilines is 3. The molecule has 5 rings (SSSR count). The van der Waals surface area contributed by atoms with Crippen LogP contribution in [0.4, 0.5) is 26.6 Å². The normalized spacial score (nSPS) is 15.7. The second-order valence-corrected chi connectivity index (χ2v) is 11.1. The second kappa shape index (κ2) is 15.7. The van der Waals surface area contributed by atoms with Gasteiger partial charge in [-0.15, -0.1) is 5.10 Å². The number of hydrogen-bond donors (Lipinski definition) is 2. The van der Waals surface area contributed by atoms with Crippen molar-refractivity contribution in [1.29, 1.82) is 0 Å². The molecule has 3 aromatic rings. The van der Waals surface area contributed by atoms with Crippen LogP contribution in [-0.4, -0.2) is 110 Å². The van der Waals surface area contributed by atoms with Crippen LogP contribution in [0.15, 0.2) is 12.4 Å². The molecule has 1 amide bonds. The van der Waals surface area contributed by atoms with E-state index >= 15 is 0 Å². The first-order valence-corrected chi connectivity index (χ1v) is 15.5. The van der Waals surface area contributed by atoms with Crippen molar-refractivity contribution >= 4 is 23.8 Å². The number of carbonyl (C=O) groups is 1. The highest BCUT2D eigenvalue weighted by atomic mass is 19.3. The molecule has 0 bridgehead atoms. The van der Waals surface area contributed by atoms with Gasteiger partial charge in [0.1, 0.15) is 5.69 Å². The second-order valence-electron chi connectivity index (χ2n) is 11.1. The number of alkyl halides is 2. The number of carbonyl (C=O) groups excluding carboxylic acids is 1. The Morgan fingerprint density at radius 2 is 1.60 bits per heavy atom. The third-order valence-corrected chi connectivity index (χ3v) is 7.88. The summed E-state index contributed by atoms with van der Waals surface area (Å²) >= 11 is 0. The molecule has 15 nitrogen and oxygen atoms in total. The van der Waals surface area contributed by atoms with Crippen LogP contribution in [0.2, 0.25) is 0 Å². The highest BCUT2D eigenvalue weighted by molar-refractivity contribution is 5.76. The Hall–Kier alpha value is -4.12. The molecule has 0 spiro atoms. The third-order valence-electron chi connectivity index (χ3n) is 7.88. The van der Waals surface area contributed by atoms with Gasteiger partial charge in [-0.25, -0.2) is 18.7 Å². The van der Waals surface area contributed by atoms with E-state index < -0.39 is 12.1 Å². The highest BCUT2D eigenvalue weighted by Crippen LogP contribution is 2.30. The summed E-state index contributed by atoms with van der Waals surface area (Å²) in [6.07, 6.45) is 6.65. The van der Waals surface area contributed by atoms with Crippen LogP contribution >= 0.6 is 0 Å². The first-order chi connectivity index (χ1) is 21.9. The van der Waals surface area contributed by atoms with Gasteiger partial charge in [0.15, 0.2) is 5.82 Å². The molecule has 45 heavy (non-hydrogen) atoms. The SMILES string of the molecule is NCCCCCCCn1cc(CCC(=O)N2CCN(c3nc(-c4cnc(N)nc4C(F)F)nc(N4CCOCC4)n3)CC2)nn1. The first-order valence-electron chi connectivity index (χ1n) is 15.5. The molecule has 4 N–H and O–H groups in total. The van der Waals surface area contributed by atoms with E-state index in [0.29, 0.717) is 77.2 Å². The van der Waals surface area contributed by atoms with Gasteiger partial charge in [0.05, 0.1) is 24.5 Å². The first kappa shape index (κ1) is 32.3. The van der Waals surface area contributed by atoms with E-state index in [0.717, 1.165) is 44.5 Å². The summed E-state index contributed by atoms with van der Waals surface area (Å²) in [6.45, 7) is 5.53. The van der Waals surface area contributed by atoms with Gasteiger partial charge in [-0.2, -0.15) is 15.0 Å². The minimum absolute atomic E-state index is 0.00869. The molecule has 0 aliphatic carbocycles. The number of nitrogen functional groups attached to an aromatic ring is 1. The molecule has 17 heteroatoms. The molecule has 0 aromatic carbocycles. The van der Waals surface area contributed by atoms with Crippen molar-refractivity contribution in [2.45, 2.75) is 57.9 Å². The molecule has 0 atom stereocenters. The number of hydrogen-bond acceptors (Lipinski definition) is 13. The number of aromatic nitrogens is 8. The predicted molar refractivity (Wildman–Crippen MR) is 163 cm³/mol. The number of unbranched alkanes of at least 4 members (excludes halogenated alkanes) is 4. The van der Waals surface area contributed by atoms with Gasteiger partial charge in [-0.1, -0.05) is 24.5 Å². The summed E-state index contributed by atoms with van der Waals surface area (Å²) in [7, 11) is 0. The molecule has 2 aliphatic rings. The van der Waals surface area contributed by atoms with E-state index in [-0.39, 0.29) is 23.2 Å². The minimum Gasteiger partial charge on any atom is -0.378 e. The zero-order chi connectivity index (χ0) is 31.6. The molecule has 5 heterocycles. The topological polar surface area (TPSA) is 183 Å². The summed E-state index contributed by atoms with van der Waals surface area (Å²) in [5.74, 6) is 0.506. The molecular weight excluding hydrogens is 588 g/mol. The quantitative estimate of drug-likeness (QED) is 0.245. The lowest BCUT2D eigenvalue weighted by Gasteiger charge is -2.35. The maximum atomic E-state index is 13.9. The number of ether oxygens (including phenoxy) is 1. The number of morpholine rings is 1. The molecule has 244 valence electrons. The van der Waals surface area contributed by atoms with Crippen LogP contribution in [0, 0.1) is 0 Å². The maximum Gasteiger partial charge on any atom is 0.281 e. The van der Waals surface area contributed by atoms with Crippen LogP contribution in [0.25, 0.3) is 11.4 Å². The minimum atomic E-state index is -2.90. The molecule has 2 aliphatic heterocycles. The fraction of sp³-hybridized carbons (Fsp3) is 0.643. The zero-order valence-electron chi connectivity index (χ0n) is 25.4. The average Bonchev–Trinajstić information content (AvgIpc) is 3.53. The van der Waals surface area contributed by atoms with Gasteiger partial charge in [0, 0.05) is 71.0 Å². The summed E-state index contributed by atoms with van der Waals surface area (Å²) in [5.41, 5.74) is 11.4. The summed E-state index contributed by atoms with van der Waals surface area (Å²) in [6, 6.07) is 0. The van der Waals surface area contributed by atoms with Gasteiger partial charge >= 0.3 is 0 Å². The van der Waals surface area contributed by atoms with E-state index in [4.69, 9.17) is 16.2 Å². The summed E-state index contributed by atoms with van der Waals surface area (Å²) in [4.78, 5) is 40.1. The fourth-order valence-corrected chi connectivity index (χ4v) is 5.33. The molecule has 0 saturated carbocycles. The van der Waals surface area contributed by atoms with Crippen molar-refractivity contribution in [3.8, 4) is 11.4 Å². The molecule has 3 aromatic heterocycles. The van der Waals surface area contributed by atoms with Crippen LogP contribution in [0.1, 0.15) is 56.3 Å². The Labute approximate surface area is 260 Å². The van der Waals surface area contributed by atoms with Crippen molar-refractivity contribution in [1.82, 2.24) is 44.8 Å². The van der Waals surface area contributed by atoms with Crippen LogP contribution < -0.4 is 21.3 Å². The Balaban J connectivity index is 1.19. The molecular formula is C28H41F2N13O2. The van der Waals surface area contributed by atoms with Gasteiger partial charge in [0.2, 0.25) is 23.8 Å². The molecule has 0 radical (unpaired) electrons. The smallest absolute Gasteiger partial charge is 0.281 e. The van der Waals surface area contributed by atoms with Crippen molar-refractivity contribution in [2.24, 2.45) is 5.73 Å². The highest BCUT2D eigenvalue weighted by Gasteiger charge is 2.27. The third kappa shape index (κ3) is 8.75. The molecule has 2 saturated heterocycles. The van der Waals surface area contributed by atoms with E-state index in [2.05, 4.69) is 35.2 Å². The monoisotopic (exact) mass is 629 g/mol.